The molecule has 1 aliphatic heterocycles. The first-order valence-electron chi connectivity index (χ1n) is 8.54. The van der Waals surface area contributed by atoms with E-state index in [1.54, 1.807) is 0 Å². The lowest BCUT2D eigenvalue weighted by molar-refractivity contribution is -0.125. The molecule has 1 heterocycles. The molecule has 2 N–H and O–H groups in total. The Balaban J connectivity index is 1.77. The zero-order valence-corrected chi connectivity index (χ0v) is 14.9. The van der Waals surface area contributed by atoms with Crippen LogP contribution in [0.4, 0.5) is 0 Å². The largest absolute Gasteiger partial charge is 0.494 e. The Labute approximate surface area is 153 Å². The van der Waals surface area contributed by atoms with Gasteiger partial charge in [-0.1, -0.05) is 35.9 Å². The van der Waals surface area contributed by atoms with E-state index in [9.17, 15) is 10.2 Å². The standard InChI is InChI=1S/C20H23ClO4/c1-2-24-17-6-3-13(4-7-17)9-15-10-14(5-8-18(15)21)20-19(23)11-16(22)12-25-20/h3-8,10,16,19-20,22-23H,2,9,11-12H2,1H3/t16-,19+,20-/m0/s1. The molecule has 1 fully saturated rings. The summed E-state index contributed by atoms with van der Waals surface area (Å²) >= 11 is 6.36. The third-order valence-corrected chi connectivity index (χ3v) is 4.73. The first kappa shape index (κ1) is 18.2. The summed E-state index contributed by atoms with van der Waals surface area (Å²) in [5.41, 5.74) is 2.98. The molecule has 1 aliphatic rings. The lowest BCUT2D eigenvalue weighted by Crippen LogP contribution is -2.35. The van der Waals surface area contributed by atoms with Crippen molar-refractivity contribution in [3.8, 4) is 5.75 Å². The molecular formula is C20H23ClO4. The van der Waals surface area contributed by atoms with Crippen molar-refractivity contribution < 1.29 is 19.7 Å². The number of aliphatic hydroxyl groups is 2. The van der Waals surface area contributed by atoms with Crippen LogP contribution in [-0.2, 0) is 11.2 Å². The monoisotopic (exact) mass is 362 g/mol. The molecule has 0 bridgehead atoms. The molecule has 4 nitrogen and oxygen atoms in total. The van der Waals surface area contributed by atoms with Gasteiger partial charge in [-0.3, -0.25) is 0 Å². The van der Waals surface area contributed by atoms with Gasteiger partial charge in [0.05, 0.1) is 25.4 Å². The van der Waals surface area contributed by atoms with Gasteiger partial charge in [-0.2, -0.15) is 0 Å². The zero-order chi connectivity index (χ0) is 17.8. The lowest BCUT2D eigenvalue weighted by atomic mass is 9.94. The van der Waals surface area contributed by atoms with Crippen molar-refractivity contribution in [3.05, 3.63) is 64.2 Å². The summed E-state index contributed by atoms with van der Waals surface area (Å²) < 4.78 is 11.1. The van der Waals surface area contributed by atoms with Crippen molar-refractivity contribution in [1.82, 2.24) is 0 Å². The molecule has 3 atom stereocenters. The highest BCUT2D eigenvalue weighted by atomic mass is 35.5. The van der Waals surface area contributed by atoms with E-state index in [2.05, 4.69) is 0 Å². The highest BCUT2D eigenvalue weighted by Crippen LogP contribution is 2.31. The van der Waals surface area contributed by atoms with E-state index in [1.165, 1.54) is 0 Å². The second-order valence-electron chi connectivity index (χ2n) is 6.32. The minimum atomic E-state index is -0.719. The molecule has 0 radical (unpaired) electrons. The zero-order valence-electron chi connectivity index (χ0n) is 14.2. The van der Waals surface area contributed by atoms with Gasteiger partial charge < -0.3 is 19.7 Å². The number of aliphatic hydroxyl groups excluding tert-OH is 2. The van der Waals surface area contributed by atoms with Crippen LogP contribution in [0.25, 0.3) is 0 Å². The summed E-state index contributed by atoms with van der Waals surface area (Å²) in [5, 5.41) is 20.5. The van der Waals surface area contributed by atoms with E-state index in [1.807, 2.05) is 49.4 Å². The van der Waals surface area contributed by atoms with Gasteiger partial charge in [0.15, 0.2) is 0 Å². The van der Waals surface area contributed by atoms with Crippen molar-refractivity contribution in [2.45, 2.75) is 38.1 Å². The highest BCUT2D eigenvalue weighted by Gasteiger charge is 2.30. The van der Waals surface area contributed by atoms with Crippen LogP contribution in [0.1, 0.15) is 36.1 Å². The van der Waals surface area contributed by atoms with Crippen LogP contribution in [0.2, 0.25) is 5.02 Å². The van der Waals surface area contributed by atoms with Crippen LogP contribution >= 0.6 is 11.6 Å². The molecule has 0 aliphatic carbocycles. The second kappa shape index (κ2) is 8.19. The molecule has 25 heavy (non-hydrogen) atoms. The number of hydrogen-bond donors (Lipinski definition) is 2. The molecule has 3 rings (SSSR count). The van der Waals surface area contributed by atoms with Gasteiger partial charge >= 0.3 is 0 Å². The van der Waals surface area contributed by atoms with Gasteiger partial charge in [0.2, 0.25) is 0 Å². The molecule has 0 amide bonds. The van der Waals surface area contributed by atoms with E-state index < -0.39 is 18.3 Å². The first-order chi connectivity index (χ1) is 12.1. The predicted octanol–water partition coefficient (Wildman–Crippen LogP) is 3.51. The van der Waals surface area contributed by atoms with Crippen molar-refractivity contribution in [2.24, 2.45) is 0 Å². The van der Waals surface area contributed by atoms with E-state index in [4.69, 9.17) is 21.1 Å². The molecule has 0 unspecified atom stereocenters. The second-order valence-corrected chi connectivity index (χ2v) is 6.72. The Morgan fingerprint density at radius 2 is 1.92 bits per heavy atom. The van der Waals surface area contributed by atoms with Gasteiger partial charge in [-0.15, -0.1) is 0 Å². The van der Waals surface area contributed by atoms with Gasteiger partial charge in [-0.25, -0.2) is 0 Å². The number of rotatable bonds is 5. The summed E-state index contributed by atoms with van der Waals surface area (Å²) in [6.07, 6.45) is -0.753. The van der Waals surface area contributed by atoms with E-state index in [-0.39, 0.29) is 6.61 Å². The molecule has 0 saturated carbocycles. The number of benzene rings is 2. The molecule has 134 valence electrons. The van der Waals surface area contributed by atoms with Crippen LogP contribution in [0.3, 0.4) is 0 Å². The van der Waals surface area contributed by atoms with Gasteiger partial charge in [0.25, 0.3) is 0 Å². The minimum absolute atomic E-state index is 0.235. The third-order valence-electron chi connectivity index (χ3n) is 4.36. The highest BCUT2D eigenvalue weighted by molar-refractivity contribution is 6.31. The van der Waals surface area contributed by atoms with Crippen molar-refractivity contribution >= 4 is 11.6 Å². The molecular weight excluding hydrogens is 340 g/mol. The molecule has 5 heteroatoms. The van der Waals surface area contributed by atoms with E-state index in [0.717, 1.165) is 22.4 Å². The predicted molar refractivity (Wildman–Crippen MR) is 97.2 cm³/mol. The Bertz CT molecular complexity index is 701. The lowest BCUT2D eigenvalue weighted by Gasteiger charge is -2.31. The normalized spacial score (nSPS) is 23.4. The summed E-state index contributed by atoms with van der Waals surface area (Å²) in [6, 6.07) is 13.6. The molecule has 2 aromatic carbocycles. The van der Waals surface area contributed by atoms with E-state index >= 15 is 0 Å². The molecule has 2 aromatic rings. The SMILES string of the molecule is CCOc1ccc(Cc2cc([C@@H]3OC[C@@H](O)C[C@H]3O)ccc2Cl)cc1. The summed E-state index contributed by atoms with van der Waals surface area (Å²) in [5.74, 6) is 0.850. The number of hydrogen-bond acceptors (Lipinski definition) is 4. The number of ether oxygens (including phenoxy) is 2. The van der Waals surface area contributed by atoms with E-state index in [0.29, 0.717) is 24.5 Å². The Morgan fingerprint density at radius 3 is 2.60 bits per heavy atom. The van der Waals surface area contributed by atoms with Gasteiger partial charge in [-0.05, 0) is 48.2 Å². The topological polar surface area (TPSA) is 58.9 Å². The van der Waals surface area contributed by atoms with Crippen LogP contribution < -0.4 is 4.74 Å². The smallest absolute Gasteiger partial charge is 0.119 e. The Morgan fingerprint density at radius 1 is 1.16 bits per heavy atom. The molecule has 1 saturated heterocycles. The maximum Gasteiger partial charge on any atom is 0.119 e. The van der Waals surface area contributed by atoms with Crippen LogP contribution in [0.5, 0.6) is 5.75 Å². The summed E-state index contributed by atoms with van der Waals surface area (Å²) in [6.45, 7) is 2.84. The summed E-state index contributed by atoms with van der Waals surface area (Å²) in [4.78, 5) is 0. The maximum atomic E-state index is 10.2. The van der Waals surface area contributed by atoms with Crippen LogP contribution in [0, 0.1) is 0 Å². The molecule has 0 aromatic heterocycles. The first-order valence-corrected chi connectivity index (χ1v) is 8.92. The van der Waals surface area contributed by atoms with Gasteiger partial charge in [0.1, 0.15) is 11.9 Å². The van der Waals surface area contributed by atoms with Crippen molar-refractivity contribution in [3.63, 3.8) is 0 Å². The fourth-order valence-corrected chi connectivity index (χ4v) is 3.30. The van der Waals surface area contributed by atoms with Crippen molar-refractivity contribution in [2.75, 3.05) is 13.2 Å². The fourth-order valence-electron chi connectivity index (χ4n) is 3.11. The van der Waals surface area contributed by atoms with Gasteiger partial charge in [0, 0.05) is 11.4 Å². The Kier molecular flexibility index (Phi) is 5.97. The fraction of sp³-hybridized carbons (Fsp3) is 0.400. The average Bonchev–Trinajstić information content (AvgIpc) is 2.59. The Hall–Kier alpha value is -1.59. The third kappa shape index (κ3) is 4.53. The van der Waals surface area contributed by atoms with Crippen LogP contribution in [-0.4, -0.2) is 35.6 Å². The average molecular weight is 363 g/mol. The molecule has 0 spiro atoms. The van der Waals surface area contributed by atoms with Crippen LogP contribution in [0.15, 0.2) is 42.5 Å². The quantitative estimate of drug-likeness (QED) is 0.854. The number of halogens is 1. The van der Waals surface area contributed by atoms with Crippen molar-refractivity contribution in [1.29, 1.82) is 0 Å². The minimum Gasteiger partial charge on any atom is -0.494 e. The summed E-state index contributed by atoms with van der Waals surface area (Å²) in [7, 11) is 0. The maximum absolute atomic E-state index is 10.2.